The predicted molar refractivity (Wildman–Crippen MR) is 219 cm³/mol. The van der Waals surface area contributed by atoms with Crippen molar-refractivity contribution in [2.75, 3.05) is 25.1 Å². The summed E-state index contributed by atoms with van der Waals surface area (Å²) in [5, 5.41) is 6.78. The molecule has 0 spiro atoms. The lowest BCUT2D eigenvalue weighted by Gasteiger charge is -2.11. The molecule has 3 aromatic carbocycles. The van der Waals surface area contributed by atoms with E-state index in [-0.39, 0.29) is 22.3 Å². The summed E-state index contributed by atoms with van der Waals surface area (Å²) in [6, 6.07) is 27.9. The fourth-order valence-corrected chi connectivity index (χ4v) is 7.01. The van der Waals surface area contributed by atoms with E-state index in [9.17, 15) is 22.8 Å². The van der Waals surface area contributed by atoms with Gasteiger partial charge in [-0.3, -0.25) is 18.9 Å². The first-order chi connectivity index (χ1) is 27.0. The second kappa shape index (κ2) is 22.3. The number of nitrogen functional groups attached to an aromatic ring is 1. The molecule has 0 atom stereocenters. The number of hydrogen-bond donors (Lipinski definition) is 5. The molecule has 0 aliphatic rings. The molecule has 0 aliphatic carbocycles. The standard InChI is InChI=1S/C32H32Cl2N6O3S.C7H6O4S/c33-25-8-4-9-26(34)31(25)44-21-24-11-13-28(43-19-16-22-6-2-1-3-7-22)27(39-24)12-15-30(41)36-17-5-18-37-32(42)23-10-14-29(40-35)38-20-23;8-5-6-3-1-2-4-7(6)12(9,10)11/h1-4,6-15,20H,5,16-19,21,35H2,(H,36,41)(H,37,42)(H,38,40);1-5H,(H,9,10,11). The van der Waals surface area contributed by atoms with E-state index in [1.54, 1.807) is 36.4 Å². The van der Waals surface area contributed by atoms with Crippen LogP contribution >= 0.6 is 35.0 Å². The van der Waals surface area contributed by atoms with Crippen molar-refractivity contribution in [2.24, 2.45) is 5.84 Å². The Kier molecular flexibility index (Phi) is 17.3. The van der Waals surface area contributed by atoms with Crippen molar-refractivity contribution in [3.05, 3.63) is 147 Å². The molecule has 0 unspecified atom stereocenters. The Balaban J connectivity index is 0.000000494. The van der Waals surface area contributed by atoms with Crippen molar-refractivity contribution in [2.45, 2.75) is 28.4 Å². The average molecular weight is 838 g/mol. The number of carbonyl (C=O) groups is 3. The number of carbonyl (C=O) groups excluding carboxylic acids is 3. The van der Waals surface area contributed by atoms with Gasteiger partial charge in [-0.2, -0.15) is 8.42 Å². The van der Waals surface area contributed by atoms with Crippen LogP contribution < -0.4 is 26.6 Å². The minimum absolute atomic E-state index is 0.0417. The number of thioether (sulfide) groups is 1. The first-order valence-corrected chi connectivity index (χ1v) is 20.1. The largest absolute Gasteiger partial charge is 0.491 e. The van der Waals surface area contributed by atoms with Gasteiger partial charge < -0.3 is 20.8 Å². The average Bonchev–Trinajstić information content (AvgIpc) is 3.20. The van der Waals surface area contributed by atoms with Crippen molar-refractivity contribution < 1.29 is 32.1 Å². The van der Waals surface area contributed by atoms with E-state index in [1.807, 2.05) is 42.5 Å². The fraction of sp³-hybridized carbons (Fsp3) is 0.154. The third-order valence-corrected chi connectivity index (χ3v) is 10.5. The van der Waals surface area contributed by atoms with Crippen LogP contribution in [0, 0.1) is 0 Å². The van der Waals surface area contributed by atoms with Gasteiger partial charge in [0.25, 0.3) is 16.0 Å². The van der Waals surface area contributed by atoms with Crippen LogP contribution in [0.25, 0.3) is 6.08 Å². The van der Waals surface area contributed by atoms with Gasteiger partial charge in [-0.1, -0.05) is 77.8 Å². The highest BCUT2D eigenvalue weighted by molar-refractivity contribution is 7.98. The molecule has 2 amide bonds. The maximum atomic E-state index is 12.6. The lowest BCUT2D eigenvalue weighted by atomic mass is 10.2. The number of hydrazine groups is 1. The molecule has 0 fully saturated rings. The van der Waals surface area contributed by atoms with Gasteiger partial charge in [-0.05, 0) is 60.5 Å². The third-order valence-electron chi connectivity index (χ3n) is 7.55. The summed E-state index contributed by atoms with van der Waals surface area (Å²) >= 11 is 14.1. The summed E-state index contributed by atoms with van der Waals surface area (Å²) in [6.45, 7) is 1.22. The number of benzene rings is 3. The number of amides is 2. The lowest BCUT2D eigenvalue weighted by molar-refractivity contribution is -0.116. The van der Waals surface area contributed by atoms with Crippen LogP contribution in [-0.4, -0.2) is 60.7 Å². The minimum atomic E-state index is -4.28. The van der Waals surface area contributed by atoms with Gasteiger partial charge >= 0.3 is 0 Å². The number of hydrogen-bond acceptors (Lipinski definition) is 11. The summed E-state index contributed by atoms with van der Waals surface area (Å²) in [5.74, 6) is 6.31. The first-order valence-electron chi connectivity index (χ1n) is 16.9. The second-order valence-corrected chi connectivity index (χ2v) is 14.7. The van der Waals surface area contributed by atoms with Gasteiger partial charge in [-0.15, -0.1) is 11.8 Å². The Morgan fingerprint density at radius 1 is 0.893 bits per heavy atom. The molecule has 0 radical (unpaired) electrons. The van der Waals surface area contributed by atoms with Crippen LogP contribution in [0.1, 0.15) is 44.1 Å². The molecule has 5 rings (SSSR count). The predicted octanol–water partition coefficient (Wildman–Crippen LogP) is 6.68. The third kappa shape index (κ3) is 14.1. The quantitative estimate of drug-likeness (QED) is 0.0127. The molecular formula is C39H38Cl2N6O7S2. The van der Waals surface area contributed by atoms with E-state index in [4.69, 9.17) is 43.3 Å². The highest BCUT2D eigenvalue weighted by Crippen LogP contribution is 2.36. The number of anilines is 1. The van der Waals surface area contributed by atoms with E-state index in [2.05, 4.69) is 21.0 Å². The van der Waals surface area contributed by atoms with Crippen LogP contribution in [0.3, 0.4) is 0 Å². The van der Waals surface area contributed by atoms with Crippen molar-refractivity contribution >= 4 is 75.1 Å². The molecule has 0 aliphatic heterocycles. The van der Waals surface area contributed by atoms with Crippen molar-refractivity contribution in [3.8, 4) is 5.75 Å². The van der Waals surface area contributed by atoms with Crippen LogP contribution in [0.2, 0.25) is 10.0 Å². The van der Waals surface area contributed by atoms with E-state index < -0.39 is 10.1 Å². The molecule has 0 bridgehead atoms. The van der Waals surface area contributed by atoms with Crippen LogP contribution in [0.15, 0.2) is 119 Å². The first kappa shape index (κ1) is 43.4. The Labute approximate surface area is 338 Å². The summed E-state index contributed by atoms with van der Waals surface area (Å²) in [5.41, 5.74) is 5.26. The Morgan fingerprint density at radius 2 is 1.61 bits per heavy atom. The molecule has 2 heterocycles. The van der Waals surface area contributed by atoms with Gasteiger partial charge in [0.05, 0.1) is 27.9 Å². The number of nitrogens with one attached hydrogen (secondary N) is 3. The molecule has 6 N–H and O–H groups in total. The summed E-state index contributed by atoms with van der Waals surface area (Å²) < 4.78 is 35.9. The lowest BCUT2D eigenvalue weighted by Crippen LogP contribution is -2.29. The molecular weight excluding hydrogens is 800 g/mol. The number of nitrogens with zero attached hydrogens (tertiary/aromatic N) is 2. The number of ether oxygens (including phenoxy) is 1. The van der Waals surface area contributed by atoms with E-state index in [0.717, 1.165) is 22.6 Å². The van der Waals surface area contributed by atoms with Crippen molar-refractivity contribution in [1.29, 1.82) is 0 Å². The number of rotatable bonds is 17. The Bertz CT molecular complexity index is 2210. The van der Waals surface area contributed by atoms with E-state index in [1.165, 1.54) is 48.3 Å². The van der Waals surface area contributed by atoms with Crippen molar-refractivity contribution in [1.82, 2.24) is 20.6 Å². The molecule has 56 heavy (non-hydrogen) atoms. The Morgan fingerprint density at radius 3 is 2.27 bits per heavy atom. The van der Waals surface area contributed by atoms with Gasteiger partial charge in [0.15, 0.2) is 6.29 Å². The SMILES string of the molecule is NNc1ccc(C(=O)NCCCNC(=O)C=Cc2nc(CSc3c(Cl)cccc3Cl)ccc2OCCc2ccccc2)cn1.O=Cc1ccccc1S(=O)(=O)O. The maximum absolute atomic E-state index is 12.6. The van der Waals surface area contributed by atoms with Gasteiger partial charge in [-0.25, -0.2) is 15.8 Å². The minimum Gasteiger partial charge on any atom is -0.491 e. The fourth-order valence-electron chi connectivity index (χ4n) is 4.76. The number of aromatic nitrogens is 2. The smallest absolute Gasteiger partial charge is 0.295 e. The zero-order chi connectivity index (χ0) is 40.3. The Hall–Kier alpha value is -5.29. The molecule has 292 valence electrons. The summed E-state index contributed by atoms with van der Waals surface area (Å²) in [4.78, 5) is 44.3. The maximum Gasteiger partial charge on any atom is 0.295 e. The number of halogens is 2. The number of aldehydes is 1. The number of nitrogens with two attached hydrogens (primary N) is 1. The summed E-state index contributed by atoms with van der Waals surface area (Å²) in [6.07, 6.45) is 6.15. The molecule has 17 heteroatoms. The van der Waals surface area contributed by atoms with Crippen LogP contribution in [-0.2, 0) is 27.1 Å². The van der Waals surface area contributed by atoms with E-state index >= 15 is 0 Å². The second-order valence-electron chi connectivity index (χ2n) is 11.6. The topological polar surface area (TPSA) is 203 Å². The van der Waals surface area contributed by atoms with Gasteiger partial charge in [0, 0.05) is 48.0 Å². The normalized spacial score (nSPS) is 10.9. The van der Waals surface area contributed by atoms with Crippen molar-refractivity contribution in [3.63, 3.8) is 0 Å². The molecule has 5 aromatic rings. The highest BCUT2D eigenvalue weighted by atomic mass is 35.5. The molecule has 0 saturated heterocycles. The number of pyridine rings is 2. The van der Waals surface area contributed by atoms with Crippen LogP contribution in [0.5, 0.6) is 5.75 Å². The van der Waals surface area contributed by atoms with Gasteiger partial charge in [0.2, 0.25) is 5.91 Å². The monoisotopic (exact) mass is 836 g/mol. The summed E-state index contributed by atoms with van der Waals surface area (Å²) in [7, 11) is -4.28. The molecule has 0 saturated carbocycles. The van der Waals surface area contributed by atoms with Crippen LogP contribution in [0.4, 0.5) is 5.82 Å². The molecule has 13 nitrogen and oxygen atoms in total. The van der Waals surface area contributed by atoms with Gasteiger partial charge in [0.1, 0.15) is 22.2 Å². The molecule has 2 aromatic heterocycles. The zero-order valence-corrected chi connectivity index (χ0v) is 32.9. The zero-order valence-electron chi connectivity index (χ0n) is 29.7. The van der Waals surface area contributed by atoms with E-state index in [0.29, 0.717) is 71.0 Å². The highest BCUT2D eigenvalue weighted by Gasteiger charge is 2.14.